The molecule has 1 aliphatic rings. The van der Waals surface area contributed by atoms with Crippen LogP contribution < -0.4 is 10.9 Å². The fourth-order valence-corrected chi connectivity index (χ4v) is 4.51. The summed E-state index contributed by atoms with van der Waals surface area (Å²) >= 11 is 0. The Morgan fingerprint density at radius 1 is 1.03 bits per heavy atom. The van der Waals surface area contributed by atoms with Crippen LogP contribution in [0.2, 0.25) is 0 Å². The number of hydrogen-bond donors (Lipinski definition) is 3. The molecule has 2 atom stereocenters. The maximum Gasteiger partial charge on any atom is 0.247 e. The zero-order valence-corrected chi connectivity index (χ0v) is 22.1. The summed E-state index contributed by atoms with van der Waals surface area (Å²) in [5, 5.41) is 10.8. The molecule has 1 heterocycles. The van der Waals surface area contributed by atoms with Crippen molar-refractivity contribution in [1.29, 1.82) is 0 Å². The molecule has 1 aliphatic heterocycles. The van der Waals surface area contributed by atoms with Gasteiger partial charge in [0.1, 0.15) is 0 Å². The van der Waals surface area contributed by atoms with Gasteiger partial charge < -0.3 is 4.74 Å². The van der Waals surface area contributed by atoms with Crippen molar-refractivity contribution in [2.24, 2.45) is 29.6 Å². The Hall–Kier alpha value is -2.71. The molecule has 8 heteroatoms. The molecule has 3 N–H and O–H groups in total. The van der Waals surface area contributed by atoms with E-state index in [1.54, 1.807) is 5.48 Å². The number of hydroxylamine groups is 1. The van der Waals surface area contributed by atoms with E-state index in [0.717, 1.165) is 18.4 Å². The third-order valence-corrected chi connectivity index (χ3v) is 6.39. The molecule has 0 aliphatic carbocycles. The van der Waals surface area contributed by atoms with Crippen LogP contribution in [0, 0.1) is 29.6 Å². The van der Waals surface area contributed by atoms with Gasteiger partial charge in [-0.25, -0.2) is 5.48 Å². The normalized spacial score (nSPS) is 16.2. The van der Waals surface area contributed by atoms with Gasteiger partial charge in [-0.2, -0.15) is 0 Å². The number of nitrogens with one attached hydrogen (secondary N) is 2. The molecule has 1 fully saturated rings. The van der Waals surface area contributed by atoms with Gasteiger partial charge in [0.25, 0.3) is 0 Å². The van der Waals surface area contributed by atoms with Crippen molar-refractivity contribution in [3.8, 4) is 0 Å². The van der Waals surface area contributed by atoms with Crippen LogP contribution in [-0.4, -0.2) is 47.7 Å². The quantitative estimate of drug-likeness (QED) is 0.294. The highest BCUT2D eigenvalue weighted by Crippen LogP contribution is 2.26. The fourth-order valence-electron chi connectivity index (χ4n) is 4.51. The molecule has 36 heavy (non-hydrogen) atoms. The minimum atomic E-state index is -0.788. The second-order valence-corrected chi connectivity index (χ2v) is 10.5. The highest BCUT2D eigenvalue weighted by atomic mass is 16.5. The predicted octanol–water partition coefficient (Wildman–Crippen LogP) is 4.21. The average molecular weight is 502 g/mol. The van der Waals surface area contributed by atoms with Gasteiger partial charge in [0.05, 0.1) is 11.8 Å². The number of nitrogens with zero attached hydrogens (tertiary/aromatic N) is 1. The molecular weight excluding hydrogens is 458 g/mol. The number of carbonyl (C=O) groups excluding carboxylic acids is 3. The largest absolute Gasteiger partial charge is 0.381 e. The van der Waals surface area contributed by atoms with Crippen LogP contribution in [0.1, 0.15) is 65.4 Å². The highest BCUT2D eigenvalue weighted by molar-refractivity contribution is 5.89. The maximum absolute atomic E-state index is 13.6. The van der Waals surface area contributed by atoms with E-state index in [4.69, 9.17) is 4.74 Å². The third kappa shape index (κ3) is 10.1. The van der Waals surface area contributed by atoms with E-state index in [1.807, 2.05) is 70.2 Å². The van der Waals surface area contributed by atoms with Crippen LogP contribution in [0.15, 0.2) is 36.4 Å². The van der Waals surface area contributed by atoms with Gasteiger partial charge in [-0.3, -0.25) is 30.0 Å². The number of carbonyl (C=O) groups is 3. The smallest absolute Gasteiger partial charge is 0.247 e. The molecule has 1 aromatic carbocycles. The molecule has 0 spiro atoms. The minimum absolute atomic E-state index is 0.126. The summed E-state index contributed by atoms with van der Waals surface area (Å²) in [6.45, 7) is 9.63. The van der Waals surface area contributed by atoms with Crippen molar-refractivity contribution in [3.05, 3.63) is 42.0 Å². The van der Waals surface area contributed by atoms with Crippen LogP contribution >= 0.6 is 0 Å². The van der Waals surface area contributed by atoms with Crippen molar-refractivity contribution in [3.63, 3.8) is 0 Å². The molecule has 2 rings (SSSR count). The van der Waals surface area contributed by atoms with E-state index >= 15 is 0 Å². The first-order chi connectivity index (χ1) is 17.2. The third-order valence-electron chi connectivity index (χ3n) is 6.39. The lowest BCUT2D eigenvalue weighted by Gasteiger charge is -2.32. The average Bonchev–Trinajstić information content (AvgIpc) is 2.85. The SMILES string of the molecule is CC(C)C[C@@H](C(=O)NN(CC(C)C)C(=O)CC1CCOCC1)[C@H](CC=Cc1ccccc1)C(=O)NO. The van der Waals surface area contributed by atoms with E-state index in [9.17, 15) is 19.6 Å². The lowest BCUT2D eigenvalue weighted by atomic mass is 9.82. The second kappa shape index (κ2) is 15.4. The topological polar surface area (TPSA) is 108 Å². The number of amides is 3. The molecule has 0 saturated carbocycles. The van der Waals surface area contributed by atoms with Crippen LogP contribution in [0.5, 0.6) is 0 Å². The minimum Gasteiger partial charge on any atom is -0.381 e. The highest BCUT2D eigenvalue weighted by Gasteiger charge is 2.35. The summed E-state index contributed by atoms with van der Waals surface area (Å²) in [5.41, 5.74) is 5.56. The maximum atomic E-state index is 13.6. The van der Waals surface area contributed by atoms with E-state index in [1.165, 1.54) is 5.01 Å². The summed E-state index contributed by atoms with van der Waals surface area (Å²) in [6.07, 6.45) is 6.46. The second-order valence-electron chi connectivity index (χ2n) is 10.5. The number of benzene rings is 1. The van der Waals surface area contributed by atoms with Crippen molar-refractivity contribution in [1.82, 2.24) is 15.9 Å². The summed E-state index contributed by atoms with van der Waals surface area (Å²) in [4.78, 5) is 39.4. The lowest BCUT2D eigenvalue weighted by molar-refractivity contribution is -0.148. The first kappa shape index (κ1) is 29.5. The van der Waals surface area contributed by atoms with Crippen molar-refractivity contribution in [2.75, 3.05) is 19.8 Å². The van der Waals surface area contributed by atoms with Gasteiger partial charge in [-0.1, -0.05) is 70.2 Å². The van der Waals surface area contributed by atoms with Gasteiger partial charge in [0, 0.05) is 26.2 Å². The Labute approximate surface area is 215 Å². The van der Waals surface area contributed by atoms with E-state index in [0.29, 0.717) is 32.6 Å². The van der Waals surface area contributed by atoms with E-state index < -0.39 is 17.7 Å². The molecule has 200 valence electrons. The van der Waals surface area contributed by atoms with Crippen LogP contribution in [-0.2, 0) is 19.1 Å². The number of hydrazine groups is 1. The van der Waals surface area contributed by atoms with Gasteiger partial charge in [-0.15, -0.1) is 0 Å². The summed E-state index contributed by atoms with van der Waals surface area (Å²) < 4.78 is 5.40. The molecule has 1 aromatic rings. The molecule has 0 radical (unpaired) electrons. The number of allylic oxidation sites excluding steroid dienone is 1. The number of rotatable bonds is 12. The molecule has 8 nitrogen and oxygen atoms in total. The van der Waals surface area contributed by atoms with Crippen molar-refractivity contribution < 1.29 is 24.3 Å². The number of hydrogen-bond acceptors (Lipinski definition) is 5. The zero-order valence-electron chi connectivity index (χ0n) is 22.1. The Kier molecular flexibility index (Phi) is 12.6. The lowest BCUT2D eigenvalue weighted by Crippen LogP contribution is -2.52. The summed E-state index contributed by atoms with van der Waals surface area (Å²) in [7, 11) is 0. The summed E-state index contributed by atoms with van der Waals surface area (Å²) in [6, 6.07) is 9.67. The zero-order chi connectivity index (χ0) is 26.5. The Morgan fingerprint density at radius 3 is 2.28 bits per heavy atom. The standard InChI is InChI=1S/C28H43N3O5/c1-20(2)17-25(24(28(34)30-35)12-8-11-22-9-6-5-7-10-22)27(33)29-31(19-21(3)4)26(32)18-23-13-15-36-16-14-23/h5-11,20-21,23-25,35H,12-19H2,1-4H3,(H,29,33)(H,30,34)/t24-,25+/m0/s1. The molecule has 0 bridgehead atoms. The van der Waals surface area contributed by atoms with E-state index in [2.05, 4.69) is 5.43 Å². The molecule has 1 saturated heterocycles. The predicted molar refractivity (Wildman–Crippen MR) is 139 cm³/mol. The Morgan fingerprint density at radius 2 is 1.69 bits per heavy atom. The first-order valence-corrected chi connectivity index (χ1v) is 13.0. The summed E-state index contributed by atoms with van der Waals surface area (Å²) in [5.74, 6) is -2.11. The van der Waals surface area contributed by atoms with Gasteiger partial charge in [0.15, 0.2) is 0 Å². The first-order valence-electron chi connectivity index (χ1n) is 13.0. The van der Waals surface area contributed by atoms with Gasteiger partial charge >= 0.3 is 0 Å². The Balaban J connectivity index is 2.19. The van der Waals surface area contributed by atoms with Gasteiger partial charge in [0.2, 0.25) is 17.7 Å². The van der Waals surface area contributed by atoms with Crippen LogP contribution in [0.25, 0.3) is 6.08 Å². The van der Waals surface area contributed by atoms with Gasteiger partial charge in [-0.05, 0) is 49.0 Å². The van der Waals surface area contributed by atoms with Crippen LogP contribution in [0.4, 0.5) is 0 Å². The molecule has 0 unspecified atom stereocenters. The molecule has 3 amide bonds. The van der Waals surface area contributed by atoms with Crippen molar-refractivity contribution >= 4 is 23.8 Å². The number of ether oxygens (including phenoxy) is 1. The van der Waals surface area contributed by atoms with Crippen molar-refractivity contribution in [2.45, 2.75) is 59.8 Å². The van der Waals surface area contributed by atoms with Crippen LogP contribution in [0.3, 0.4) is 0 Å². The van der Waals surface area contributed by atoms with E-state index in [-0.39, 0.29) is 36.0 Å². The molecule has 0 aromatic heterocycles. The fraction of sp³-hybridized carbons (Fsp3) is 0.607. The monoisotopic (exact) mass is 501 g/mol. The Bertz CT molecular complexity index is 850. The molecular formula is C28H43N3O5.